The van der Waals surface area contributed by atoms with E-state index in [1.165, 1.54) is 11.1 Å². The number of nitrogens with zero attached hydrogens (tertiary/aromatic N) is 1. The lowest BCUT2D eigenvalue weighted by Crippen LogP contribution is -2.34. The zero-order chi connectivity index (χ0) is 13.5. The van der Waals surface area contributed by atoms with Crippen molar-refractivity contribution in [2.24, 2.45) is 10.9 Å². The molecule has 0 aliphatic rings. The fraction of sp³-hybridized carbons (Fsp3) is 0.500. The molecule has 18 heavy (non-hydrogen) atoms. The molecule has 0 aliphatic heterocycles. The Morgan fingerprint density at radius 3 is 2.50 bits per heavy atom. The van der Waals surface area contributed by atoms with Crippen LogP contribution in [0.1, 0.15) is 43.9 Å². The predicted molar refractivity (Wildman–Crippen MR) is 74.8 cm³/mol. The van der Waals surface area contributed by atoms with Gasteiger partial charge in [-0.25, -0.2) is 0 Å². The molecule has 0 saturated heterocycles. The summed E-state index contributed by atoms with van der Waals surface area (Å²) in [5, 5.41) is 15.1. The number of hydrogen-bond donors (Lipinski definition) is 3. The second-order valence-corrected chi connectivity index (χ2v) is 4.70. The lowest BCUT2D eigenvalue weighted by Gasteiger charge is -2.22. The molecule has 0 aliphatic carbocycles. The quantitative estimate of drug-likeness (QED) is 0.314. The molecule has 1 unspecified atom stereocenters. The monoisotopic (exact) mass is 249 g/mol. The van der Waals surface area contributed by atoms with E-state index in [4.69, 9.17) is 10.9 Å². The maximum atomic E-state index is 8.60. The van der Waals surface area contributed by atoms with Gasteiger partial charge < -0.3 is 16.3 Å². The summed E-state index contributed by atoms with van der Waals surface area (Å²) in [5.41, 5.74) is 8.05. The zero-order valence-corrected chi connectivity index (χ0v) is 11.4. The van der Waals surface area contributed by atoms with E-state index in [2.05, 4.69) is 55.5 Å². The van der Waals surface area contributed by atoms with Gasteiger partial charge in [-0.1, -0.05) is 41.9 Å². The van der Waals surface area contributed by atoms with Crippen molar-refractivity contribution < 1.29 is 5.21 Å². The van der Waals surface area contributed by atoms with Crippen LogP contribution in [-0.2, 0) is 0 Å². The Balaban J connectivity index is 2.61. The van der Waals surface area contributed by atoms with Gasteiger partial charge in [0.15, 0.2) is 0 Å². The van der Waals surface area contributed by atoms with Gasteiger partial charge in [0.05, 0.1) is 0 Å². The van der Waals surface area contributed by atoms with E-state index in [1.807, 2.05) is 0 Å². The maximum Gasteiger partial charge on any atom is 0.140 e. The first kappa shape index (κ1) is 14.5. The first-order chi connectivity index (χ1) is 8.56. The number of rotatable bonds is 6. The Hall–Kier alpha value is -1.55. The van der Waals surface area contributed by atoms with Gasteiger partial charge in [-0.2, -0.15) is 0 Å². The summed E-state index contributed by atoms with van der Waals surface area (Å²) in [6.45, 7) is 6.29. The molecule has 0 radical (unpaired) electrons. The molecule has 0 fully saturated rings. The number of oxime groups is 1. The van der Waals surface area contributed by atoms with Gasteiger partial charge in [0, 0.05) is 18.5 Å². The average molecular weight is 249 g/mol. The van der Waals surface area contributed by atoms with E-state index in [9.17, 15) is 0 Å². The minimum Gasteiger partial charge on any atom is -0.409 e. The first-order valence-electron chi connectivity index (χ1n) is 6.35. The van der Waals surface area contributed by atoms with Crippen molar-refractivity contribution in [1.82, 2.24) is 5.32 Å². The van der Waals surface area contributed by atoms with Gasteiger partial charge >= 0.3 is 0 Å². The van der Waals surface area contributed by atoms with Gasteiger partial charge in [0.25, 0.3) is 0 Å². The number of benzene rings is 1. The Morgan fingerprint density at radius 2 is 2.00 bits per heavy atom. The van der Waals surface area contributed by atoms with Gasteiger partial charge in [-0.3, -0.25) is 0 Å². The Kier molecular flexibility index (Phi) is 5.65. The maximum absolute atomic E-state index is 8.60. The van der Waals surface area contributed by atoms with Crippen LogP contribution in [0.25, 0.3) is 0 Å². The van der Waals surface area contributed by atoms with Crippen LogP contribution in [0.5, 0.6) is 0 Å². The highest BCUT2D eigenvalue weighted by molar-refractivity contribution is 5.80. The number of hydrogen-bond acceptors (Lipinski definition) is 3. The molecule has 0 spiro atoms. The van der Waals surface area contributed by atoms with Crippen LogP contribution in [-0.4, -0.2) is 17.1 Å². The standard InChI is InChI=1S/C14H23N3O/c1-4-13(9-14(15)17-18)16-11(3)12-7-5-10(2)6-8-12/h5-8,11,13,16,18H,4,9H2,1-3H3,(H2,15,17)/t11-,13?/m0/s1. The molecular formula is C14H23N3O. The van der Waals surface area contributed by atoms with E-state index in [0.29, 0.717) is 6.42 Å². The summed E-state index contributed by atoms with van der Waals surface area (Å²) in [6, 6.07) is 8.95. The third kappa shape index (κ3) is 4.37. The van der Waals surface area contributed by atoms with Crippen molar-refractivity contribution in [2.75, 3.05) is 0 Å². The van der Waals surface area contributed by atoms with Crippen LogP contribution in [0, 0.1) is 6.92 Å². The van der Waals surface area contributed by atoms with Crippen LogP contribution in [0.4, 0.5) is 0 Å². The fourth-order valence-corrected chi connectivity index (χ4v) is 1.92. The van der Waals surface area contributed by atoms with Gasteiger partial charge in [0.2, 0.25) is 0 Å². The average Bonchev–Trinajstić information content (AvgIpc) is 2.38. The largest absolute Gasteiger partial charge is 0.409 e. The first-order valence-corrected chi connectivity index (χ1v) is 6.35. The topological polar surface area (TPSA) is 70.6 Å². The zero-order valence-electron chi connectivity index (χ0n) is 11.4. The fourth-order valence-electron chi connectivity index (χ4n) is 1.92. The molecule has 2 atom stereocenters. The highest BCUT2D eigenvalue weighted by Crippen LogP contribution is 2.15. The van der Waals surface area contributed by atoms with Gasteiger partial charge in [0.1, 0.15) is 5.84 Å². The summed E-state index contributed by atoms with van der Waals surface area (Å²) in [5.74, 6) is 0.269. The SMILES string of the molecule is CCC(C/C(N)=N/O)N[C@@H](C)c1ccc(C)cc1. The molecule has 0 heterocycles. The molecule has 1 aromatic carbocycles. The second kappa shape index (κ2) is 7.01. The van der Waals surface area contributed by atoms with Crippen LogP contribution in [0.15, 0.2) is 29.4 Å². The minimum atomic E-state index is 0.220. The molecule has 1 rings (SSSR count). The molecule has 0 bridgehead atoms. The van der Waals surface area contributed by atoms with Crippen LogP contribution in [0.3, 0.4) is 0 Å². The van der Waals surface area contributed by atoms with Crippen LogP contribution in [0.2, 0.25) is 0 Å². The van der Waals surface area contributed by atoms with Crippen LogP contribution >= 0.6 is 0 Å². The summed E-state index contributed by atoms with van der Waals surface area (Å²) in [7, 11) is 0. The molecule has 0 aromatic heterocycles. The Bertz CT molecular complexity index is 387. The molecule has 1 aromatic rings. The number of amidine groups is 1. The third-order valence-electron chi connectivity index (χ3n) is 3.14. The summed E-state index contributed by atoms with van der Waals surface area (Å²) in [6.07, 6.45) is 1.50. The highest BCUT2D eigenvalue weighted by atomic mass is 16.4. The van der Waals surface area contributed by atoms with Crippen molar-refractivity contribution in [3.05, 3.63) is 35.4 Å². The van der Waals surface area contributed by atoms with E-state index in [0.717, 1.165) is 6.42 Å². The van der Waals surface area contributed by atoms with Gasteiger partial charge in [-0.05, 0) is 25.8 Å². The van der Waals surface area contributed by atoms with Gasteiger partial charge in [-0.15, -0.1) is 0 Å². The molecule has 100 valence electrons. The van der Waals surface area contributed by atoms with E-state index in [1.54, 1.807) is 0 Å². The Labute approximate surface area is 109 Å². The number of nitrogens with two attached hydrogens (primary N) is 1. The van der Waals surface area contributed by atoms with E-state index in [-0.39, 0.29) is 17.9 Å². The van der Waals surface area contributed by atoms with Crippen molar-refractivity contribution in [1.29, 1.82) is 0 Å². The summed E-state index contributed by atoms with van der Waals surface area (Å²) < 4.78 is 0. The van der Waals surface area contributed by atoms with Crippen molar-refractivity contribution in [2.45, 2.75) is 45.7 Å². The second-order valence-electron chi connectivity index (χ2n) is 4.70. The van der Waals surface area contributed by atoms with E-state index >= 15 is 0 Å². The summed E-state index contributed by atoms with van der Waals surface area (Å²) in [4.78, 5) is 0. The molecule has 4 heteroatoms. The predicted octanol–water partition coefficient (Wildman–Crippen LogP) is 2.56. The molecule has 0 amide bonds. The lowest BCUT2D eigenvalue weighted by atomic mass is 10.0. The van der Waals surface area contributed by atoms with E-state index < -0.39 is 0 Å². The normalized spacial score (nSPS) is 15.4. The van der Waals surface area contributed by atoms with Crippen molar-refractivity contribution in [3.63, 3.8) is 0 Å². The molecule has 4 N–H and O–H groups in total. The smallest absolute Gasteiger partial charge is 0.140 e. The third-order valence-corrected chi connectivity index (χ3v) is 3.14. The number of aryl methyl sites for hydroxylation is 1. The Morgan fingerprint density at radius 1 is 1.39 bits per heavy atom. The molecular weight excluding hydrogens is 226 g/mol. The van der Waals surface area contributed by atoms with Crippen LogP contribution < -0.4 is 11.1 Å². The summed E-state index contributed by atoms with van der Waals surface area (Å²) >= 11 is 0. The van der Waals surface area contributed by atoms with Crippen molar-refractivity contribution >= 4 is 5.84 Å². The number of nitrogens with one attached hydrogen (secondary N) is 1. The lowest BCUT2D eigenvalue weighted by molar-refractivity contribution is 0.315. The minimum absolute atomic E-state index is 0.220. The highest BCUT2D eigenvalue weighted by Gasteiger charge is 2.13. The van der Waals surface area contributed by atoms with Crippen molar-refractivity contribution in [3.8, 4) is 0 Å². The molecule has 4 nitrogen and oxygen atoms in total. The molecule has 0 saturated carbocycles.